The number of phosphoric acid groups is 2. The van der Waals surface area contributed by atoms with E-state index in [-0.39, 0.29) is 30.5 Å². The van der Waals surface area contributed by atoms with Gasteiger partial charge in [0.1, 0.15) is 12.7 Å². The van der Waals surface area contributed by atoms with Crippen molar-refractivity contribution in [1.82, 2.24) is 0 Å². The second-order valence-electron chi connectivity index (χ2n) is 15.6. The van der Waals surface area contributed by atoms with Crippen LogP contribution >= 0.6 is 15.6 Å². The van der Waals surface area contributed by atoms with Crippen molar-refractivity contribution in [2.45, 2.75) is 148 Å². The van der Waals surface area contributed by atoms with Crippen LogP contribution in [0.5, 0.6) is 0 Å². The summed E-state index contributed by atoms with van der Waals surface area (Å²) in [6.07, 6.45) is 41.9. The molecular weight excluding hydrogens is 878 g/mol. The number of allylic oxidation sites excluding steroid dienone is 15. The first kappa shape index (κ1) is 59.7. The first-order valence-electron chi connectivity index (χ1n) is 23.0. The number of carbonyl (C=O) groups excluding carboxylic acids is 3. The molecule has 0 radical (unpaired) electrons. The van der Waals surface area contributed by atoms with E-state index in [1.807, 2.05) is 36.5 Å². The molecule has 0 bridgehead atoms. The zero-order chi connectivity index (χ0) is 48.0. The lowest BCUT2D eigenvalue weighted by molar-refractivity contribution is -0.161. The maximum absolute atomic E-state index is 12.7. The van der Waals surface area contributed by atoms with E-state index in [4.69, 9.17) is 23.8 Å². The van der Waals surface area contributed by atoms with E-state index in [1.165, 1.54) is 19.3 Å². The summed E-state index contributed by atoms with van der Waals surface area (Å²) in [4.78, 5) is 65.3. The number of carbonyl (C=O) groups is 3. The van der Waals surface area contributed by atoms with Crippen molar-refractivity contribution in [2.75, 3.05) is 26.4 Å². The summed E-state index contributed by atoms with van der Waals surface area (Å²) in [7, 11) is -9.79. The molecule has 15 nitrogen and oxygen atoms in total. The van der Waals surface area contributed by atoms with Gasteiger partial charge in [-0.05, 0) is 82.6 Å². The molecule has 6 atom stereocenters. The van der Waals surface area contributed by atoms with Crippen LogP contribution in [0.3, 0.4) is 0 Å². The highest BCUT2D eigenvalue weighted by Crippen LogP contribution is 2.44. The van der Waals surface area contributed by atoms with Gasteiger partial charge in [-0.2, -0.15) is 0 Å². The third-order valence-electron chi connectivity index (χ3n) is 9.70. The van der Waals surface area contributed by atoms with Gasteiger partial charge in [-0.25, -0.2) is 9.13 Å². The number of phosphoric ester groups is 2. The van der Waals surface area contributed by atoms with Crippen LogP contribution in [-0.2, 0) is 46.6 Å². The molecule has 1 aliphatic rings. The molecule has 1 rings (SSSR count). The van der Waals surface area contributed by atoms with Gasteiger partial charge in [0.25, 0.3) is 0 Å². The number of esters is 2. The summed E-state index contributed by atoms with van der Waals surface area (Å²) < 4.78 is 47.7. The van der Waals surface area contributed by atoms with Crippen molar-refractivity contribution in [3.8, 4) is 0 Å². The van der Waals surface area contributed by atoms with Crippen LogP contribution in [0.25, 0.3) is 0 Å². The van der Waals surface area contributed by atoms with Crippen LogP contribution in [0.4, 0.5) is 0 Å². The normalized spacial score (nSPS) is 18.4. The first-order valence-corrected chi connectivity index (χ1v) is 26.0. The van der Waals surface area contributed by atoms with Gasteiger partial charge in [0.15, 0.2) is 11.9 Å². The number of rotatable bonds is 39. The number of unbranched alkanes of at least 4 members (excludes halogenated alkanes) is 6. The van der Waals surface area contributed by atoms with Crippen molar-refractivity contribution in [2.24, 2.45) is 11.8 Å². The zero-order valence-corrected chi connectivity index (χ0v) is 40.2. The minimum atomic E-state index is -4.90. The third kappa shape index (κ3) is 35.5. The molecular formula is C48H76O15P2. The fourth-order valence-electron chi connectivity index (χ4n) is 6.08. The average molecular weight is 955 g/mol. The molecule has 1 aliphatic carbocycles. The molecule has 0 spiro atoms. The second-order valence-corrected chi connectivity index (χ2v) is 18.3. The molecule has 0 aromatic carbocycles. The highest BCUT2D eigenvalue weighted by Gasteiger charge is 2.29. The van der Waals surface area contributed by atoms with Crippen molar-refractivity contribution >= 4 is 33.4 Å². The molecule has 65 heavy (non-hydrogen) atoms. The van der Waals surface area contributed by atoms with Crippen LogP contribution in [0.1, 0.15) is 129 Å². The average Bonchev–Trinajstić information content (AvgIpc) is 3.62. The van der Waals surface area contributed by atoms with E-state index >= 15 is 0 Å². The fourth-order valence-corrected chi connectivity index (χ4v) is 7.24. The van der Waals surface area contributed by atoms with Gasteiger partial charge in [0, 0.05) is 18.8 Å². The molecule has 17 heteroatoms. The largest absolute Gasteiger partial charge is 0.472 e. The molecule has 1 unspecified atom stereocenters. The van der Waals surface area contributed by atoms with E-state index < -0.39 is 72.3 Å². The maximum atomic E-state index is 12.7. The molecule has 0 aromatic heterocycles. The first-order chi connectivity index (χ1) is 31.2. The topological polar surface area (TPSA) is 233 Å². The molecule has 0 saturated heterocycles. The minimum absolute atomic E-state index is 0.00247. The Hall–Kier alpha value is -3.33. The standard InChI is InChI=1S/C48H76O15P2/c1-3-5-7-8-9-10-11-12-13-14-15-16-17-18-19-20-21-22-28-32-48(53)63-44(40-62-65(57,58)61-38-43(50)37-60-64(54,55)56)39-59-47(52)31-27-24-23-26-29-41-33-36-46(51)45(41)35-34-42(49)30-25-6-4-2/h9-10,12-13,15-16,18-19,21-23,26,33-36,41-45,49-50H,3-8,11,14,17,20,24-25,27-32,37-40H2,1-2H3,(H,57,58)(H2,54,55,56)/b10-9-,13-12-,16-15-,19-18-,22-21-,26-23-,35-34+/t41-,42-,43-,44+,45+/m0/s1. The summed E-state index contributed by atoms with van der Waals surface area (Å²) >= 11 is 0. The lowest BCUT2D eigenvalue weighted by atomic mass is 9.90. The van der Waals surface area contributed by atoms with Gasteiger partial charge in [-0.1, -0.05) is 137 Å². The number of aliphatic hydroxyl groups is 2. The van der Waals surface area contributed by atoms with Crippen LogP contribution in [0.15, 0.2) is 97.2 Å². The Morgan fingerprint density at radius 2 is 1.22 bits per heavy atom. The molecule has 0 aromatic rings. The van der Waals surface area contributed by atoms with E-state index in [9.17, 15) is 38.6 Å². The van der Waals surface area contributed by atoms with Crippen LogP contribution in [-0.4, -0.2) is 87.4 Å². The van der Waals surface area contributed by atoms with Crippen molar-refractivity contribution < 1.29 is 71.5 Å². The zero-order valence-electron chi connectivity index (χ0n) is 38.4. The van der Waals surface area contributed by atoms with Crippen molar-refractivity contribution in [3.63, 3.8) is 0 Å². The van der Waals surface area contributed by atoms with E-state index in [0.29, 0.717) is 38.5 Å². The maximum Gasteiger partial charge on any atom is 0.472 e. The lowest BCUT2D eigenvalue weighted by Gasteiger charge is -2.20. The predicted molar refractivity (Wildman–Crippen MR) is 252 cm³/mol. The second kappa shape index (κ2) is 37.7. The monoisotopic (exact) mass is 954 g/mol. The highest BCUT2D eigenvalue weighted by molar-refractivity contribution is 7.47. The Bertz CT molecular complexity index is 1660. The number of ketones is 1. The highest BCUT2D eigenvalue weighted by atomic mass is 31.2. The molecule has 0 saturated carbocycles. The summed E-state index contributed by atoms with van der Waals surface area (Å²) in [5.74, 6) is -1.64. The summed E-state index contributed by atoms with van der Waals surface area (Å²) in [5, 5.41) is 20.0. The van der Waals surface area contributed by atoms with Gasteiger partial charge in [-0.3, -0.25) is 28.0 Å². The van der Waals surface area contributed by atoms with Crippen LogP contribution in [0, 0.1) is 11.8 Å². The lowest BCUT2D eigenvalue weighted by Crippen LogP contribution is -2.29. The number of hydrogen-bond donors (Lipinski definition) is 5. The van der Waals surface area contributed by atoms with Gasteiger partial charge >= 0.3 is 27.6 Å². The Morgan fingerprint density at radius 3 is 1.85 bits per heavy atom. The molecule has 368 valence electrons. The van der Waals surface area contributed by atoms with Crippen LogP contribution in [0.2, 0.25) is 0 Å². The van der Waals surface area contributed by atoms with Gasteiger partial charge in [0.2, 0.25) is 0 Å². The number of hydrogen-bond acceptors (Lipinski definition) is 12. The van der Waals surface area contributed by atoms with Crippen molar-refractivity contribution in [3.05, 3.63) is 97.2 Å². The Balaban J connectivity index is 2.57. The van der Waals surface area contributed by atoms with Gasteiger partial charge < -0.3 is 34.4 Å². The summed E-state index contributed by atoms with van der Waals surface area (Å²) in [6, 6.07) is 0. The quantitative estimate of drug-likeness (QED) is 0.0167. The number of ether oxygens (including phenoxy) is 2. The SMILES string of the molecule is CCCCC/C=C\C/C=C\C/C=C\C/C=C\C/C=C\CCC(=O)O[C@H](COC(=O)CCC/C=C\C[C@H]1C=CC(=O)[C@@H]1/C=C/[C@@H](O)CCCCC)COP(=O)(O)OC[C@@H](O)COP(=O)(O)O. The summed E-state index contributed by atoms with van der Waals surface area (Å²) in [5.41, 5.74) is 0. The molecule has 0 aliphatic heterocycles. The van der Waals surface area contributed by atoms with Crippen LogP contribution < -0.4 is 0 Å². The predicted octanol–water partition coefficient (Wildman–Crippen LogP) is 9.73. The van der Waals surface area contributed by atoms with E-state index in [2.05, 4.69) is 65.4 Å². The molecule has 5 N–H and O–H groups in total. The molecule has 0 fully saturated rings. The van der Waals surface area contributed by atoms with Gasteiger partial charge in [-0.15, -0.1) is 0 Å². The van der Waals surface area contributed by atoms with E-state index in [1.54, 1.807) is 18.2 Å². The Labute approximate surface area is 386 Å². The summed E-state index contributed by atoms with van der Waals surface area (Å²) in [6.45, 7) is 1.31. The number of aliphatic hydroxyl groups excluding tert-OH is 2. The smallest absolute Gasteiger partial charge is 0.462 e. The van der Waals surface area contributed by atoms with E-state index in [0.717, 1.165) is 44.9 Å². The third-order valence-corrected chi connectivity index (χ3v) is 11.1. The minimum Gasteiger partial charge on any atom is -0.462 e. The Morgan fingerprint density at radius 1 is 0.662 bits per heavy atom. The fraction of sp³-hybridized carbons (Fsp3) is 0.604. The van der Waals surface area contributed by atoms with Gasteiger partial charge in [0.05, 0.1) is 25.9 Å². The molecule has 0 amide bonds. The molecule has 0 heterocycles. The Kier molecular flexibility index (Phi) is 34.6. The van der Waals surface area contributed by atoms with Crippen molar-refractivity contribution in [1.29, 1.82) is 0 Å².